The minimum absolute atomic E-state index is 0.397. The van der Waals surface area contributed by atoms with Crippen molar-refractivity contribution in [3.63, 3.8) is 0 Å². The Morgan fingerprint density at radius 3 is 1.48 bits per heavy atom. The Bertz CT molecular complexity index is 2310. The van der Waals surface area contributed by atoms with Crippen LogP contribution in [0.4, 0.5) is 28.9 Å². The number of hydrogen-bond donors (Lipinski definition) is 2. The molecule has 0 aliphatic carbocycles. The maximum absolute atomic E-state index is 16.8. The zero-order chi connectivity index (χ0) is 44.4. The maximum atomic E-state index is 16.8. The van der Waals surface area contributed by atoms with E-state index < -0.39 is 46.0 Å². The molecular formula is C50H52F4N2O6. The van der Waals surface area contributed by atoms with Crippen LogP contribution in [0.25, 0.3) is 11.1 Å². The molecule has 0 atom stereocenters. The summed E-state index contributed by atoms with van der Waals surface area (Å²) >= 11 is 0. The molecule has 5 aromatic carbocycles. The molecule has 0 saturated heterocycles. The number of esters is 1. The molecule has 5 aromatic rings. The van der Waals surface area contributed by atoms with Gasteiger partial charge in [-0.05, 0) is 122 Å². The lowest BCUT2D eigenvalue weighted by Gasteiger charge is -2.28. The lowest BCUT2D eigenvalue weighted by molar-refractivity contribution is 0.0291. The predicted octanol–water partition coefficient (Wildman–Crippen LogP) is 11.2. The summed E-state index contributed by atoms with van der Waals surface area (Å²) in [6, 6.07) is 25.4. The number of cyclic esters (lactones) is 1. The van der Waals surface area contributed by atoms with Crippen molar-refractivity contribution in [2.45, 2.75) is 46.1 Å². The molecule has 1 aliphatic rings. The van der Waals surface area contributed by atoms with Crippen molar-refractivity contribution in [3.05, 3.63) is 165 Å². The van der Waals surface area contributed by atoms with Crippen LogP contribution in [0.5, 0.6) is 11.5 Å². The molecule has 0 bridgehead atoms. The Labute approximate surface area is 360 Å². The van der Waals surface area contributed by atoms with Crippen LogP contribution >= 0.6 is 0 Å². The monoisotopic (exact) mass is 852 g/mol. The Morgan fingerprint density at radius 1 is 0.629 bits per heavy atom. The molecule has 62 heavy (non-hydrogen) atoms. The SMILES string of the molecule is CCOCCCNc1cc(C)ccc1C(=CC1(C=C(c2ccc(OC)cc2)c2ccc(C)cc2NCCCOCC)OC(=O)c2c(F)c(F)c(F)c(F)c21)c1ccc(OC)cc1. The molecule has 0 aromatic heterocycles. The van der Waals surface area contributed by atoms with Gasteiger partial charge < -0.3 is 34.3 Å². The lowest BCUT2D eigenvalue weighted by atomic mass is 9.82. The molecule has 12 heteroatoms. The van der Waals surface area contributed by atoms with Crippen molar-refractivity contribution >= 4 is 28.5 Å². The van der Waals surface area contributed by atoms with Crippen LogP contribution in [0.1, 0.15) is 76.0 Å². The number of halogens is 4. The number of nitrogens with one attached hydrogen (secondary N) is 2. The van der Waals surface area contributed by atoms with Crippen molar-refractivity contribution in [1.82, 2.24) is 0 Å². The van der Waals surface area contributed by atoms with Gasteiger partial charge in [0.15, 0.2) is 28.9 Å². The second-order valence-electron chi connectivity index (χ2n) is 14.8. The van der Waals surface area contributed by atoms with Crippen LogP contribution in [-0.2, 0) is 19.8 Å². The maximum Gasteiger partial charge on any atom is 0.343 e. The van der Waals surface area contributed by atoms with E-state index in [1.54, 1.807) is 48.5 Å². The molecular weight excluding hydrogens is 801 g/mol. The van der Waals surface area contributed by atoms with E-state index in [0.717, 1.165) is 11.1 Å². The van der Waals surface area contributed by atoms with Crippen molar-refractivity contribution in [2.75, 3.05) is 64.4 Å². The second kappa shape index (κ2) is 20.6. The first kappa shape index (κ1) is 45.4. The van der Waals surface area contributed by atoms with E-state index in [1.807, 2.05) is 64.1 Å². The molecule has 6 rings (SSSR count). The number of fused-ring (bicyclic) bond motifs is 1. The third-order valence-corrected chi connectivity index (χ3v) is 10.5. The highest BCUT2D eigenvalue weighted by Crippen LogP contribution is 2.49. The number of carbonyl (C=O) groups is 1. The predicted molar refractivity (Wildman–Crippen MR) is 235 cm³/mol. The lowest BCUT2D eigenvalue weighted by Crippen LogP contribution is -2.25. The van der Waals surface area contributed by atoms with Crippen molar-refractivity contribution in [3.8, 4) is 11.5 Å². The summed E-state index contributed by atoms with van der Waals surface area (Å²) in [7, 11) is 3.06. The molecule has 0 fully saturated rings. The van der Waals surface area contributed by atoms with Gasteiger partial charge in [-0.1, -0.05) is 48.5 Å². The number of hydrogen-bond acceptors (Lipinski definition) is 8. The largest absolute Gasteiger partial charge is 0.497 e. The average Bonchev–Trinajstić information content (AvgIpc) is 3.57. The third-order valence-electron chi connectivity index (χ3n) is 10.5. The molecule has 8 nitrogen and oxygen atoms in total. The molecule has 1 aliphatic heterocycles. The molecule has 2 N–H and O–H groups in total. The number of ether oxygens (including phenoxy) is 5. The van der Waals surface area contributed by atoms with Gasteiger partial charge in [0.25, 0.3) is 0 Å². The van der Waals surface area contributed by atoms with E-state index in [4.69, 9.17) is 23.7 Å². The zero-order valence-corrected chi connectivity index (χ0v) is 35.9. The zero-order valence-electron chi connectivity index (χ0n) is 35.9. The van der Waals surface area contributed by atoms with Gasteiger partial charge in [0, 0.05) is 62.0 Å². The number of carbonyl (C=O) groups excluding carboxylic acids is 1. The van der Waals surface area contributed by atoms with Crippen molar-refractivity contribution in [1.29, 1.82) is 0 Å². The Kier molecular flexibility index (Phi) is 15.1. The van der Waals surface area contributed by atoms with Gasteiger partial charge in [0.2, 0.25) is 0 Å². The van der Waals surface area contributed by atoms with Gasteiger partial charge in [-0.3, -0.25) is 0 Å². The highest BCUT2D eigenvalue weighted by atomic mass is 19.2. The van der Waals surface area contributed by atoms with Gasteiger partial charge in [-0.25, -0.2) is 22.4 Å². The van der Waals surface area contributed by atoms with E-state index in [2.05, 4.69) is 10.6 Å². The quantitative estimate of drug-likeness (QED) is 0.0263. The van der Waals surface area contributed by atoms with Gasteiger partial charge in [0.05, 0.1) is 19.8 Å². The van der Waals surface area contributed by atoms with E-state index in [0.29, 0.717) is 109 Å². The molecule has 0 spiro atoms. The van der Waals surface area contributed by atoms with Crippen LogP contribution in [0.15, 0.2) is 97.1 Å². The molecule has 0 unspecified atom stereocenters. The molecule has 0 amide bonds. The van der Waals surface area contributed by atoms with Gasteiger partial charge in [-0.15, -0.1) is 0 Å². The van der Waals surface area contributed by atoms with Gasteiger partial charge >= 0.3 is 5.97 Å². The summed E-state index contributed by atoms with van der Waals surface area (Å²) in [5.41, 5.74) is 2.07. The smallest absolute Gasteiger partial charge is 0.343 e. The molecule has 1 heterocycles. The van der Waals surface area contributed by atoms with Crippen LogP contribution in [0.2, 0.25) is 0 Å². The number of methoxy groups -OCH3 is 2. The summed E-state index contributed by atoms with van der Waals surface area (Å²) in [5, 5.41) is 6.99. The highest BCUT2D eigenvalue weighted by molar-refractivity contribution is 5.99. The standard InChI is InChI=1S/C50H52F4N2O6/c1-7-60-25-9-23-55-41-27-31(3)11-21-37(41)39(33-13-17-35(58-5)18-14-33)29-50(44-43(49(57)62-50)45(51)47(53)48(54)46(44)52)30-40(34-15-19-36(59-6)20-16-34)38-22-12-32(4)28-42(38)56-24-10-26-61-8-2/h11-22,27-30,55-56H,7-10,23-26H2,1-6H3. The summed E-state index contributed by atoms with van der Waals surface area (Å²) in [5.74, 6) is -8.11. The fourth-order valence-corrected chi connectivity index (χ4v) is 7.46. The van der Waals surface area contributed by atoms with Crippen molar-refractivity contribution in [2.24, 2.45) is 0 Å². The Balaban J connectivity index is 1.71. The Hall–Kier alpha value is -6.11. The minimum Gasteiger partial charge on any atom is -0.497 e. The number of aryl methyl sites for hydroxylation is 2. The highest BCUT2D eigenvalue weighted by Gasteiger charge is 2.50. The fraction of sp³-hybridized carbons (Fsp3) is 0.300. The van der Waals surface area contributed by atoms with Crippen LogP contribution < -0.4 is 20.1 Å². The van der Waals surface area contributed by atoms with Crippen LogP contribution in [-0.4, -0.2) is 59.7 Å². The summed E-state index contributed by atoms with van der Waals surface area (Å²) in [4.78, 5) is 14.0. The number of rotatable bonds is 20. The van der Waals surface area contributed by atoms with E-state index in [-0.39, 0.29) is 0 Å². The van der Waals surface area contributed by atoms with Crippen LogP contribution in [0, 0.1) is 37.1 Å². The van der Waals surface area contributed by atoms with E-state index >= 15 is 17.6 Å². The average molecular weight is 853 g/mol. The normalized spacial score (nSPS) is 15.0. The minimum atomic E-state index is -2.38. The third kappa shape index (κ3) is 9.98. The van der Waals surface area contributed by atoms with Crippen LogP contribution in [0.3, 0.4) is 0 Å². The molecule has 0 saturated carbocycles. The fourth-order valence-electron chi connectivity index (χ4n) is 7.46. The summed E-state index contributed by atoms with van der Waals surface area (Å²) in [6.45, 7) is 11.0. The summed E-state index contributed by atoms with van der Waals surface area (Å²) in [6.07, 6.45) is 4.31. The second-order valence-corrected chi connectivity index (χ2v) is 14.8. The molecule has 326 valence electrons. The van der Waals surface area contributed by atoms with E-state index in [1.165, 1.54) is 26.4 Å². The summed E-state index contributed by atoms with van der Waals surface area (Å²) < 4.78 is 91.7. The molecule has 0 radical (unpaired) electrons. The number of anilines is 2. The van der Waals surface area contributed by atoms with E-state index in [9.17, 15) is 4.79 Å². The topological polar surface area (TPSA) is 87.3 Å². The van der Waals surface area contributed by atoms with Gasteiger partial charge in [-0.2, -0.15) is 0 Å². The first-order valence-corrected chi connectivity index (χ1v) is 20.6. The van der Waals surface area contributed by atoms with Crippen molar-refractivity contribution < 1.29 is 46.0 Å². The Morgan fingerprint density at radius 2 is 1.06 bits per heavy atom. The number of benzene rings is 5. The first-order chi connectivity index (χ1) is 29.9. The van der Waals surface area contributed by atoms with Gasteiger partial charge in [0.1, 0.15) is 17.1 Å². The first-order valence-electron chi connectivity index (χ1n) is 20.6.